The van der Waals surface area contributed by atoms with E-state index in [9.17, 15) is 4.79 Å². The molecule has 1 fully saturated rings. The molecule has 1 aliphatic rings. The maximum absolute atomic E-state index is 12.1. The molecule has 4 nitrogen and oxygen atoms in total. The minimum atomic E-state index is 0.0690. The maximum Gasteiger partial charge on any atom is 0.253 e. The number of rotatable bonds is 3. The van der Waals surface area contributed by atoms with Crippen LogP contribution in [0, 0.1) is 5.92 Å². The summed E-state index contributed by atoms with van der Waals surface area (Å²) in [6, 6.07) is 7.08. The molecule has 2 N–H and O–H groups in total. The van der Waals surface area contributed by atoms with Gasteiger partial charge in [-0.15, -0.1) is 0 Å². The summed E-state index contributed by atoms with van der Waals surface area (Å²) in [5, 5.41) is 0. The molecule has 0 spiro atoms. The van der Waals surface area contributed by atoms with E-state index in [2.05, 4.69) is 11.9 Å². The van der Waals surface area contributed by atoms with E-state index in [1.165, 1.54) is 0 Å². The Hall–Kier alpha value is -1.55. The third kappa shape index (κ3) is 2.77. The molecule has 0 aromatic heterocycles. The quantitative estimate of drug-likeness (QED) is 0.789. The summed E-state index contributed by atoms with van der Waals surface area (Å²) >= 11 is 0. The Morgan fingerprint density at radius 1 is 1.41 bits per heavy atom. The summed E-state index contributed by atoms with van der Waals surface area (Å²) in [5.74, 6) is 0.683. The third-order valence-electron chi connectivity index (χ3n) is 3.18. The van der Waals surface area contributed by atoms with Crippen molar-refractivity contribution in [1.82, 2.24) is 9.80 Å². The van der Waals surface area contributed by atoms with Crippen molar-refractivity contribution >= 4 is 11.6 Å². The van der Waals surface area contributed by atoms with Crippen LogP contribution in [0.1, 0.15) is 10.4 Å². The molecule has 0 atom stereocenters. The van der Waals surface area contributed by atoms with Gasteiger partial charge < -0.3 is 15.5 Å². The molecular formula is C13H19N3O. The van der Waals surface area contributed by atoms with Crippen LogP contribution in [-0.2, 0) is 0 Å². The lowest BCUT2D eigenvalue weighted by atomic mass is 10.0. The number of carbonyl (C=O) groups is 1. The van der Waals surface area contributed by atoms with Crippen LogP contribution in [0.15, 0.2) is 24.3 Å². The van der Waals surface area contributed by atoms with Gasteiger partial charge in [0.15, 0.2) is 0 Å². The Bertz CT molecular complexity index is 396. The molecule has 0 aliphatic carbocycles. The van der Waals surface area contributed by atoms with Gasteiger partial charge in [0.2, 0.25) is 0 Å². The normalized spacial score (nSPS) is 16.6. The van der Waals surface area contributed by atoms with Gasteiger partial charge in [0.25, 0.3) is 5.91 Å². The van der Waals surface area contributed by atoms with Crippen LogP contribution in [0.5, 0.6) is 0 Å². The SMILES string of the molecule is CN1CC(CN(C)C(=O)c2ccc(N)cc2)C1. The maximum atomic E-state index is 12.1. The molecule has 17 heavy (non-hydrogen) atoms. The summed E-state index contributed by atoms with van der Waals surface area (Å²) in [6.45, 7) is 2.99. The number of hydrogen-bond acceptors (Lipinski definition) is 3. The first kappa shape index (κ1) is 11.9. The average molecular weight is 233 g/mol. The van der Waals surface area contributed by atoms with Crippen molar-refractivity contribution in [3.63, 3.8) is 0 Å². The van der Waals surface area contributed by atoms with E-state index < -0.39 is 0 Å². The van der Waals surface area contributed by atoms with E-state index in [-0.39, 0.29) is 5.91 Å². The number of nitrogens with two attached hydrogens (primary N) is 1. The second-order valence-corrected chi connectivity index (χ2v) is 4.89. The van der Waals surface area contributed by atoms with Crippen LogP contribution in [0.3, 0.4) is 0 Å². The fraction of sp³-hybridized carbons (Fsp3) is 0.462. The van der Waals surface area contributed by atoms with Gasteiger partial charge in [-0.05, 0) is 31.3 Å². The van der Waals surface area contributed by atoms with Crippen molar-refractivity contribution in [3.8, 4) is 0 Å². The highest BCUT2D eigenvalue weighted by atomic mass is 16.2. The van der Waals surface area contributed by atoms with Gasteiger partial charge in [0.1, 0.15) is 0 Å². The number of amides is 1. The molecule has 1 saturated heterocycles. The molecular weight excluding hydrogens is 214 g/mol. The van der Waals surface area contributed by atoms with Crippen LogP contribution in [-0.4, -0.2) is 49.4 Å². The average Bonchev–Trinajstić information content (AvgIpc) is 2.27. The molecule has 0 bridgehead atoms. The number of carbonyl (C=O) groups excluding carboxylic acids is 1. The monoisotopic (exact) mass is 233 g/mol. The van der Waals surface area contributed by atoms with Crippen molar-refractivity contribution < 1.29 is 4.79 Å². The number of hydrogen-bond donors (Lipinski definition) is 1. The minimum Gasteiger partial charge on any atom is -0.399 e. The lowest BCUT2D eigenvalue weighted by molar-refractivity contribution is 0.0646. The number of nitrogen functional groups attached to an aromatic ring is 1. The first-order valence-corrected chi connectivity index (χ1v) is 5.86. The molecule has 92 valence electrons. The van der Waals surface area contributed by atoms with E-state index >= 15 is 0 Å². The van der Waals surface area contributed by atoms with Gasteiger partial charge in [-0.2, -0.15) is 0 Å². The summed E-state index contributed by atoms with van der Waals surface area (Å²) in [6.07, 6.45) is 0. The molecule has 1 heterocycles. The lowest BCUT2D eigenvalue weighted by Crippen LogP contribution is -2.49. The first-order valence-electron chi connectivity index (χ1n) is 5.86. The smallest absolute Gasteiger partial charge is 0.253 e. The fourth-order valence-corrected chi connectivity index (χ4v) is 2.26. The largest absolute Gasteiger partial charge is 0.399 e. The standard InChI is InChI=1S/C13H19N3O/c1-15-7-10(8-15)9-16(2)13(17)11-3-5-12(14)6-4-11/h3-6,10H,7-9,14H2,1-2H3. The predicted octanol–water partition coefficient (Wildman–Crippen LogP) is 0.902. The Morgan fingerprint density at radius 2 is 2.00 bits per heavy atom. The van der Waals surface area contributed by atoms with Crippen molar-refractivity contribution in [2.45, 2.75) is 0 Å². The first-order chi connectivity index (χ1) is 8.06. The summed E-state index contributed by atoms with van der Waals surface area (Å²) in [4.78, 5) is 16.1. The van der Waals surface area contributed by atoms with Crippen LogP contribution in [0.2, 0.25) is 0 Å². The van der Waals surface area contributed by atoms with E-state index in [4.69, 9.17) is 5.73 Å². The zero-order chi connectivity index (χ0) is 12.4. The van der Waals surface area contributed by atoms with Crippen molar-refractivity contribution in [2.75, 3.05) is 39.5 Å². The molecule has 0 radical (unpaired) electrons. The highest BCUT2D eigenvalue weighted by Crippen LogP contribution is 2.15. The lowest BCUT2D eigenvalue weighted by Gasteiger charge is -2.38. The topological polar surface area (TPSA) is 49.6 Å². The molecule has 1 aromatic rings. The molecule has 0 unspecified atom stereocenters. The van der Waals surface area contributed by atoms with Crippen molar-refractivity contribution in [3.05, 3.63) is 29.8 Å². The van der Waals surface area contributed by atoms with Gasteiger partial charge in [0, 0.05) is 43.9 Å². The third-order valence-corrected chi connectivity index (χ3v) is 3.18. The number of nitrogens with zero attached hydrogens (tertiary/aromatic N) is 2. The highest BCUT2D eigenvalue weighted by molar-refractivity contribution is 5.94. The summed E-state index contributed by atoms with van der Waals surface area (Å²) in [5.41, 5.74) is 6.99. The number of benzene rings is 1. The molecule has 1 aliphatic heterocycles. The van der Waals surface area contributed by atoms with Gasteiger partial charge in [-0.25, -0.2) is 0 Å². The van der Waals surface area contributed by atoms with Crippen molar-refractivity contribution in [2.24, 2.45) is 5.92 Å². The van der Waals surface area contributed by atoms with E-state index in [0.29, 0.717) is 17.2 Å². The molecule has 2 rings (SSSR count). The van der Waals surface area contributed by atoms with E-state index in [0.717, 1.165) is 19.6 Å². The zero-order valence-corrected chi connectivity index (χ0v) is 10.4. The van der Waals surface area contributed by atoms with Gasteiger partial charge >= 0.3 is 0 Å². The second kappa shape index (κ2) is 4.75. The van der Waals surface area contributed by atoms with Crippen LogP contribution >= 0.6 is 0 Å². The van der Waals surface area contributed by atoms with Crippen LogP contribution < -0.4 is 5.73 Å². The zero-order valence-electron chi connectivity index (χ0n) is 10.4. The Morgan fingerprint density at radius 3 is 2.53 bits per heavy atom. The number of anilines is 1. The second-order valence-electron chi connectivity index (χ2n) is 4.89. The predicted molar refractivity (Wildman–Crippen MR) is 68.8 cm³/mol. The van der Waals surface area contributed by atoms with Crippen LogP contribution in [0.4, 0.5) is 5.69 Å². The highest BCUT2D eigenvalue weighted by Gasteiger charge is 2.25. The van der Waals surface area contributed by atoms with E-state index in [1.807, 2.05) is 7.05 Å². The van der Waals surface area contributed by atoms with E-state index in [1.54, 1.807) is 29.2 Å². The van der Waals surface area contributed by atoms with Gasteiger partial charge in [-0.1, -0.05) is 0 Å². The van der Waals surface area contributed by atoms with Gasteiger partial charge in [-0.3, -0.25) is 4.79 Å². The Balaban J connectivity index is 1.92. The minimum absolute atomic E-state index is 0.0690. The molecule has 1 aromatic carbocycles. The molecule has 4 heteroatoms. The Labute approximate surface area is 102 Å². The molecule has 1 amide bonds. The number of likely N-dealkylation sites (tertiary alicyclic amines) is 1. The summed E-state index contributed by atoms with van der Waals surface area (Å²) < 4.78 is 0. The Kier molecular flexibility index (Phi) is 3.33. The van der Waals surface area contributed by atoms with Crippen molar-refractivity contribution in [1.29, 1.82) is 0 Å². The fourth-order valence-electron chi connectivity index (χ4n) is 2.26. The van der Waals surface area contributed by atoms with Gasteiger partial charge in [0.05, 0.1) is 0 Å². The summed E-state index contributed by atoms with van der Waals surface area (Å²) in [7, 11) is 3.95. The van der Waals surface area contributed by atoms with Crippen LogP contribution in [0.25, 0.3) is 0 Å². The molecule has 0 saturated carbocycles.